The normalized spacial score (nSPS) is 25.7. The SMILES string of the molecule is O=P([O-])([O-])CP(=O)([O-])C[C@@H](O)[C@H]1O[C@@H](n2cc(-c3cc(C(F)(F)F)cc(C(F)(F)F)c3)nn2)[C@H](O)[C@@H]1O. The van der Waals surface area contributed by atoms with Gasteiger partial charge < -0.3 is 43.9 Å². The van der Waals surface area contributed by atoms with Gasteiger partial charge in [-0.2, -0.15) is 26.3 Å². The Morgan fingerprint density at radius 3 is 2.03 bits per heavy atom. The van der Waals surface area contributed by atoms with Gasteiger partial charge in [0.15, 0.2) is 6.23 Å². The van der Waals surface area contributed by atoms with Gasteiger partial charge in [-0.1, -0.05) is 12.8 Å². The number of ether oxygens (including phenoxy) is 1. The molecule has 37 heavy (non-hydrogen) atoms. The molecule has 1 unspecified atom stereocenters. The number of hydrogen-bond donors (Lipinski definition) is 3. The topological polar surface area (TPSA) is 204 Å². The molecule has 0 saturated carbocycles. The molecule has 0 radical (unpaired) electrons. The Morgan fingerprint density at radius 1 is 1.00 bits per heavy atom. The van der Waals surface area contributed by atoms with E-state index in [2.05, 4.69) is 10.3 Å². The predicted octanol–water partition coefficient (Wildman–Crippen LogP) is -0.528. The van der Waals surface area contributed by atoms with Crippen LogP contribution in [0, 0.1) is 0 Å². The van der Waals surface area contributed by atoms with Gasteiger partial charge in [-0.3, -0.25) is 0 Å². The number of halogens is 6. The molecule has 1 aliphatic heterocycles. The first kappa shape index (κ1) is 29.7. The maximum atomic E-state index is 13.1. The fourth-order valence-electron chi connectivity index (χ4n) is 3.57. The van der Waals surface area contributed by atoms with E-state index in [9.17, 15) is 65.5 Å². The average Bonchev–Trinajstić information content (AvgIpc) is 3.30. The molecule has 20 heteroatoms. The highest BCUT2D eigenvalue weighted by Crippen LogP contribution is 2.48. The number of rotatable bonds is 7. The van der Waals surface area contributed by atoms with Crippen molar-refractivity contribution in [2.45, 2.75) is 43.0 Å². The van der Waals surface area contributed by atoms with Crippen molar-refractivity contribution in [2.75, 3.05) is 12.1 Å². The lowest BCUT2D eigenvalue weighted by Gasteiger charge is -2.38. The number of hydrogen-bond acceptors (Lipinski definition) is 11. The van der Waals surface area contributed by atoms with Crippen LogP contribution in [0.25, 0.3) is 11.3 Å². The summed E-state index contributed by atoms with van der Waals surface area (Å²) in [5, 5.41) is 37.4. The van der Waals surface area contributed by atoms with Crippen LogP contribution >= 0.6 is 15.0 Å². The molecule has 0 bridgehead atoms. The van der Waals surface area contributed by atoms with Gasteiger partial charge in [-0.25, -0.2) is 4.68 Å². The van der Waals surface area contributed by atoms with E-state index < -0.39 is 92.4 Å². The summed E-state index contributed by atoms with van der Waals surface area (Å²) in [4.78, 5) is 33.3. The van der Waals surface area contributed by atoms with Gasteiger partial charge in [0.2, 0.25) is 0 Å². The number of aromatic nitrogens is 3. The second kappa shape index (κ2) is 10.0. The lowest BCUT2D eigenvalue weighted by molar-refractivity contribution is -0.312. The van der Waals surface area contributed by atoms with Crippen molar-refractivity contribution >= 4 is 15.0 Å². The smallest absolute Gasteiger partial charge is 0.416 e. The van der Waals surface area contributed by atoms with E-state index in [1.165, 1.54) is 0 Å². The highest BCUT2D eigenvalue weighted by Gasteiger charge is 2.48. The number of nitrogens with zero attached hydrogens (tertiary/aromatic N) is 3. The van der Waals surface area contributed by atoms with Crippen LogP contribution in [-0.4, -0.2) is 66.8 Å². The van der Waals surface area contributed by atoms with Gasteiger partial charge in [-0.05, 0) is 18.2 Å². The third kappa shape index (κ3) is 7.16. The second-order valence-electron chi connectivity index (χ2n) is 8.17. The van der Waals surface area contributed by atoms with Crippen molar-refractivity contribution in [2.24, 2.45) is 0 Å². The molecule has 3 N–H and O–H groups in total. The van der Waals surface area contributed by atoms with Gasteiger partial charge >= 0.3 is 12.4 Å². The largest absolute Gasteiger partial charge is 0.810 e. The Kier molecular flexibility index (Phi) is 8.03. The minimum Gasteiger partial charge on any atom is -0.810 e. The minimum absolute atomic E-state index is 0.104. The van der Waals surface area contributed by atoms with Gasteiger partial charge in [0, 0.05) is 25.0 Å². The van der Waals surface area contributed by atoms with Crippen LogP contribution in [0.2, 0.25) is 0 Å². The number of benzene rings is 1. The summed E-state index contributed by atoms with van der Waals surface area (Å²) in [5.74, 6) is -1.81. The minimum atomic E-state index is -5.52. The van der Waals surface area contributed by atoms with Crippen LogP contribution in [0.3, 0.4) is 0 Å². The summed E-state index contributed by atoms with van der Waals surface area (Å²) in [6.45, 7) is 0. The number of alkyl halides is 6. The number of aliphatic hydroxyl groups excluding tert-OH is 3. The quantitative estimate of drug-likeness (QED) is 0.280. The van der Waals surface area contributed by atoms with Crippen LogP contribution in [0.4, 0.5) is 26.3 Å². The Morgan fingerprint density at radius 2 is 1.54 bits per heavy atom. The summed E-state index contributed by atoms with van der Waals surface area (Å²) < 4.78 is 107. The fraction of sp³-hybridized carbons (Fsp3) is 0.529. The highest BCUT2D eigenvalue weighted by molar-refractivity contribution is 7.70. The third-order valence-electron chi connectivity index (χ3n) is 5.16. The molecule has 1 saturated heterocycles. The van der Waals surface area contributed by atoms with Crippen LogP contribution in [0.5, 0.6) is 0 Å². The Bertz CT molecular complexity index is 1200. The zero-order valence-electron chi connectivity index (χ0n) is 17.9. The first-order valence-electron chi connectivity index (χ1n) is 9.89. The molecule has 208 valence electrons. The Labute approximate surface area is 202 Å². The molecule has 1 fully saturated rings. The van der Waals surface area contributed by atoms with Crippen molar-refractivity contribution in [1.29, 1.82) is 0 Å². The Balaban J connectivity index is 1.86. The standard InChI is InChI=1S/C17H19F6N3O9P2/c18-16(19,20)8-1-7(2-9(3-8)17(21,22)23)10-4-26(25-24-10)15-13(29)12(28)14(35-15)11(27)5-36(30,31)6-37(32,33)34/h1-4,11-15,27-29H,5-6H2,(H,30,31)(H2,32,33,34)/p-3/t11-,12+,13-,14-,15-/m1/s1. The molecule has 0 amide bonds. The fourth-order valence-corrected chi connectivity index (χ4v) is 6.92. The van der Waals surface area contributed by atoms with Gasteiger partial charge in [0.1, 0.15) is 24.0 Å². The van der Waals surface area contributed by atoms with Crippen molar-refractivity contribution < 1.29 is 70.2 Å². The van der Waals surface area contributed by atoms with Crippen LogP contribution < -0.4 is 14.7 Å². The van der Waals surface area contributed by atoms with Crippen molar-refractivity contribution in [1.82, 2.24) is 15.0 Å². The summed E-state index contributed by atoms with van der Waals surface area (Å²) in [7, 11) is -10.5. The van der Waals surface area contributed by atoms with Gasteiger partial charge in [-0.15, -0.1) is 5.10 Å². The summed E-state index contributed by atoms with van der Waals surface area (Å²) in [6, 6.07) is 0.633. The third-order valence-corrected chi connectivity index (χ3v) is 9.20. The van der Waals surface area contributed by atoms with Crippen molar-refractivity contribution in [3.8, 4) is 11.3 Å². The predicted molar refractivity (Wildman–Crippen MR) is 102 cm³/mol. The molecule has 0 aliphatic carbocycles. The second-order valence-corrected chi connectivity index (χ2v) is 12.5. The number of aliphatic hydroxyl groups is 3. The van der Waals surface area contributed by atoms with Gasteiger partial charge in [0.05, 0.1) is 23.4 Å². The van der Waals surface area contributed by atoms with E-state index in [1.807, 2.05) is 0 Å². The summed E-state index contributed by atoms with van der Waals surface area (Å²) in [6.07, 6.45) is -20.6. The monoisotopic (exact) mass is 582 g/mol. The van der Waals surface area contributed by atoms with E-state index >= 15 is 0 Å². The van der Waals surface area contributed by atoms with E-state index in [1.54, 1.807) is 0 Å². The Hall–Kier alpha value is -1.88. The van der Waals surface area contributed by atoms with E-state index in [-0.39, 0.29) is 6.07 Å². The van der Waals surface area contributed by atoms with E-state index in [0.29, 0.717) is 16.8 Å². The molecular weight excluding hydrogens is 566 g/mol. The lowest BCUT2D eigenvalue weighted by Crippen LogP contribution is -2.41. The zero-order valence-corrected chi connectivity index (χ0v) is 19.7. The average molecular weight is 582 g/mol. The summed E-state index contributed by atoms with van der Waals surface area (Å²) in [5.41, 5.74) is -4.46. The molecule has 0 spiro atoms. The zero-order chi connectivity index (χ0) is 28.1. The molecular formula is C17H16F6N3O9P2-3. The maximum Gasteiger partial charge on any atom is 0.416 e. The molecule has 12 nitrogen and oxygen atoms in total. The summed E-state index contributed by atoms with van der Waals surface area (Å²) >= 11 is 0. The molecule has 1 aromatic heterocycles. The lowest BCUT2D eigenvalue weighted by atomic mass is 10.0. The van der Waals surface area contributed by atoms with E-state index in [4.69, 9.17) is 4.74 Å². The highest BCUT2D eigenvalue weighted by atomic mass is 31.2. The van der Waals surface area contributed by atoms with Gasteiger partial charge in [0.25, 0.3) is 0 Å². The molecule has 2 heterocycles. The molecule has 1 aromatic carbocycles. The van der Waals surface area contributed by atoms with Crippen LogP contribution in [0.15, 0.2) is 24.4 Å². The molecule has 6 atom stereocenters. The van der Waals surface area contributed by atoms with Crippen molar-refractivity contribution in [3.63, 3.8) is 0 Å². The molecule has 2 aromatic rings. The van der Waals surface area contributed by atoms with Crippen LogP contribution in [0.1, 0.15) is 17.4 Å². The van der Waals surface area contributed by atoms with Crippen LogP contribution in [-0.2, 0) is 26.2 Å². The van der Waals surface area contributed by atoms with Crippen molar-refractivity contribution in [3.05, 3.63) is 35.5 Å². The first-order valence-corrected chi connectivity index (χ1v) is 13.6. The molecule has 3 rings (SSSR count). The first-order chi connectivity index (χ1) is 16.7. The maximum absolute atomic E-state index is 13.1. The van der Waals surface area contributed by atoms with E-state index in [0.717, 1.165) is 6.20 Å². The molecule has 1 aliphatic rings.